The van der Waals surface area contributed by atoms with Crippen molar-refractivity contribution < 1.29 is 0 Å². The number of rotatable bonds is 4. The summed E-state index contributed by atoms with van der Waals surface area (Å²) >= 11 is 0. The van der Waals surface area contributed by atoms with Crippen LogP contribution in [0.1, 0.15) is 38.7 Å². The van der Waals surface area contributed by atoms with Gasteiger partial charge in [0.15, 0.2) is 0 Å². The summed E-state index contributed by atoms with van der Waals surface area (Å²) in [7, 11) is -1.14. The Morgan fingerprint density at radius 2 is 1.79 bits per heavy atom. The van der Waals surface area contributed by atoms with Gasteiger partial charge in [0.05, 0.1) is 8.07 Å². The minimum Gasteiger partial charge on any atom is -0.310 e. The van der Waals surface area contributed by atoms with Crippen LogP contribution in [0.25, 0.3) is 0 Å². The summed E-state index contributed by atoms with van der Waals surface area (Å²) < 4.78 is 0. The quantitative estimate of drug-likeness (QED) is 0.822. The number of benzene rings is 1. The Kier molecular flexibility index (Phi) is 4.22. The second-order valence-electron chi connectivity index (χ2n) is 7.93. The first-order valence-corrected chi connectivity index (χ1v) is 11.1. The number of hydrogen-bond donors (Lipinski definition) is 1. The molecule has 0 amide bonds. The van der Waals surface area contributed by atoms with Crippen molar-refractivity contribution in [3.63, 3.8) is 0 Å². The van der Waals surface area contributed by atoms with Gasteiger partial charge in [-0.25, -0.2) is 0 Å². The molecular weight excluding hydrogens is 246 g/mol. The minimum atomic E-state index is -1.14. The van der Waals surface area contributed by atoms with E-state index in [1.54, 1.807) is 5.19 Å². The molecule has 0 radical (unpaired) electrons. The average Bonchev–Trinajstić information content (AvgIpc) is 2.66. The predicted molar refractivity (Wildman–Crippen MR) is 87.7 cm³/mol. The van der Waals surface area contributed by atoms with E-state index in [-0.39, 0.29) is 0 Å². The Morgan fingerprint density at radius 1 is 1.16 bits per heavy atom. The molecule has 1 aromatic carbocycles. The maximum Gasteiger partial charge on any atom is 0.0775 e. The van der Waals surface area contributed by atoms with Crippen LogP contribution in [0.4, 0.5) is 0 Å². The molecular formula is C17H29NSi. The van der Waals surface area contributed by atoms with Gasteiger partial charge >= 0.3 is 0 Å². The van der Waals surface area contributed by atoms with Crippen LogP contribution < -0.4 is 10.5 Å². The fourth-order valence-corrected chi connectivity index (χ4v) is 4.16. The number of hydrogen-bond acceptors (Lipinski definition) is 1. The largest absolute Gasteiger partial charge is 0.310 e. The van der Waals surface area contributed by atoms with E-state index in [1.165, 1.54) is 24.8 Å². The van der Waals surface area contributed by atoms with E-state index in [2.05, 4.69) is 63.1 Å². The van der Waals surface area contributed by atoms with Crippen molar-refractivity contribution in [3.05, 3.63) is 29.8 Å². The average molecular weight is 276 g/mol. The maximum atomic E-state index is 3.72. The monoisotopic (exact) mass is 275 g/mol. The Morgan fingerprint density at radius 3 is 2.26 bits per heavy atom. The first-order chi connectivity index (χ1) is 8.76. The highest BCUT2D eigenvalue weighted by Crippen LogP contribution is 2.36. The van der Waals surface area contributed by atoms with Gasteiger partial charge in [-0.1, -0.05) is 62.9 Å². The third-order valence-electron chi connectivity index (χ3n) is 4.38. The lowest BCUT2D eigenvalue weighted by Gasteiger charge is -2.19. The van der Waals surface area contributed by atoms with Gasteiger partial charge in [0, 0.05) is 12.6 Å². The van der Waals surface area contributed by atoms with Crippen molar-refractivity contribution in [2.24, 2.45) is 5.41 Å². The molecule has 1 aliphatic carbocycles. The zero-order chi connectivity index (χ0) is 14.1. The van der Waals surface area contributed by atoms with E-state index in [0.717, 1.165) is 6.54 Å². The summed E-state index contributed by atoms with van der Waals surface area (Å²) in [4.78, 5) is 0. The lowest BCUT2D eigenvalue weighted by Crippen LogP contribution is -2.37. The van der Waals surface area contributed by atoms with Crippen LogP contribution in [0.2, 0.25) is 19.6 Å². The molecule has 0 aliphatic heterocycles. The highest BCUT2D eigenvalue weighted by molar-refractivity contribution is 6.88. The molecule has 1 fully saturated rings. The molecule has 1 N–H and O–H groups in total. The molecule has 1 aromatic rings. The zero-order valence-corrected chi connectivity index (χ0v) is 14.2. The van der Waals surface area contributed by atoms with E-state index in [4.69, 9.17) is 0 Å². The van der Waals surface area contributed by atoms with Crippen LogP contribution >= 0.6 is 0 Å². The summed E-state index contributed by atoms with van der Waals surface area (Å²) in [5.41, 5.74) is 1.96. The Bertz CT molecular complexity index is 414. The molecule has 0 heterocycles. The Balaban J connectivity index is 1.87. The molecule has 0 aromatic heterocycles. The molecule has 1 atom stereocenters. The van der Waals surface area contributed by atoms with E-state index < -0.39 is 8.07 Å². The molecule has 19 heavy (non-hydrogen) atoms. The highest BCUT2D eigenvalue weighted by Gasteiger charge is 2.30. The fraction of sp³-hybridized carbons (Fsp3) is 0.647. The summed E-state index contributed by atoms with van der Waals surface area (Å²) in [5, 5.41) is 5.28. The van der Waals surface area contributed by atoms with Gasteiger partial charge in [-0.3, -0.25) is 0 Å². The third kappa shape index (κ3) is 4.18. The van der Waals surface area contributed by atoms with Crippen LogP contribution in [0, 0.1) is 5.41 Å². The minimum absolute atomic E-state index is 0.541. The first kappa shape index (κ1) is 14.8. The predicted octanol–water partition coefficient (Wildman–Crippen LogP) is 3.90. The summed E-state index contributed by atoms with van der Waals surface area (Å²) in [6.07, 6.45) is 4.01. The smallest absolute Gasteiger partial charge is 0.0775 e. The van der Waals surface area contributed by atoms with Crippen molar-refractivity contribution in [1.29, 1.82) is 0 Å². The molecule has 1 nitrogen and oxygen atoms in total. The summed E-state index contributed by atoms with van der Waals surface area (Å²) in [6.45, 7) is 13.0. The molecule has 0 bridgehead atoms. The van der Waals surface area contributed by atoms with Crippen LogP contribution in [-0.4, -0.2) is 14.1 Å². The third-order valence-corrected chi connectivity index (χ3v) is 6.45. The van der Waals surface area contributed by atoms with Crippen molar-refractivity contribution in [2.45, 2.75) is 65.3 Å². The van der Waals surface area contributed by atoms with Crippen molar-refractivity contribution in [2.75, 3.05) is 0 Å². The molecule has 2 rings (SSSR count). The first-order valence-electron chi connectivity index (χ1n) is 7.59. The second kappa shape index (κ2) is 5.41. The van der Waals surface area contributed by atoms with Gasteiger partial charge in [0.25, 0.3) is 0 Å². The Labute approximate surface area is 119 Å². The SMILES string of the molecule is CC1(C)CCC(NCc2ccc([Si](C)(C)C)cc2)C1. The van der Waals surface area contributed by atoms with Crippen molar-refractivity contribution in [3.8, 4) is 0 Å². The number of nitrogens with one attached hydrogen (secondary N) is 1. The normalized spacial score (nSPS) is 22.7. The van der Waals surface area contributed by atoms with Gasteiger partial charge in [-0.15, -0.1) is 0 Å². The molecule has 106 valence electrons. The van der Waals surface area contributed by atoms with Gasteiger partial charge in [0.1, 0.15) is 0 Å². The lowest BCUT2D eigenvalue weighted by molar-refractivity contribution is 0.364. The molecule has 0 spiro atoms. The Hall–Kier alpha value is -0.603. The van der Waals surface area contributed by atoms with Gasteiger partial charge in [-0.05, 0) is 30.2 Å². The maximum absolute atomic E-state index is 3.72. The van der Waals surface area contributed by atoms with Crippen LogP contribution in [0.5, 0.6) is 0 Å². The van der Waals surface area contributed by atoms with Crippen LogP contribution in [-0.2, 0) is 6.54 Å². The molecule has 1 unspecified atom stereocenters. The van der Waals surface area contributed by atoms with Gasteiger partial charge in [-0.2, -0.15) is 0 Å². The van der Waals surface area contributed by atoms with E-state index in [9.17, 15) is 0 Å². The van der Waals surface area contributed by atoms with E-state index in [1.807, 2.05) is 0 Å². The van der Waals surface area contributed by atoms with Crippen molar-refractivity contribution >= 4 is 13.3 Å². The summed E-state index contributed by atoms with van der Waals surface area (Å²) in [5.74, 6) is 0. The van der Waals surface area contributed by atoms with Gasteiger partial charge < -0.3 is 5.32 Å². The van der Waals surface area contributed by atoms with Crippen LogP contribution in [0.3, 0.4) is 0 Å². The molecule has 1 saturated carbocycles. The van der Waals surface area contributed by atoms with E-state index >= 15 is 0 Å². The summed E-state index contributed by atoms with van der Waals surface area (Å²) in [6, 6.07) is 10.00. The zero-order valence-electron chi connectivity index (χ0n) is 13.2. The lowest BCUT2D eigenvalue weighted by atomic mass is 9.92. The standard InChI is InChI=1S/C17H29NSi/c1-17(2)11-10-15(12-17)18-13-14-6-8-16(9-7-14)19(3,4)5/h6-9,15,18H,10-13H2,1-5H3. The van der Waals surface area contributed by atoms with Crippen molar-refractivity contribution in [1.82, 2.24) is 5.32 Å². The molecule has 2 heteroatoms. The highest BCUT2D eigenvalue weighted by atomic mass is 28.3. The van der Waals surface area contributed by atoms with E-state index in [0.29, 0.717) is 11.5 Å². The second-order valence-corrected chi connectivity index (χ2v) is 13.0. The van der Waals surface area contributed by atoms with Gasteiger partial charge in [0.2, 0.25) is 0 Å². The fourth-order valence-electron chi connectivity index (χ4n) is 3.00. The molecule has 1 aliphatic rings. The topological polar surface area (TPSA) is 12.0 Å². The van der Waals surface area contributed by atoms with Crippen LogP contribution in [0.15, 0.2) is 24.3 Å². The molecule has 0 saturated heterocycles.